The fourth-order valence-electron chi connectivity index (χ4n) is 3.83. The summed E-state index contributed by atoms with van der Waals surface area (Å²) >= 11 is 2.44. The zero-order valence-corrected chi connectivity index (χ0v) is 19.1. The predicted molar refractivity (Wildman–Crippen MR) is 120 cm³/mol. The Hall–Kier alpha value is -0.693. The van der Waals surface area contributed by atoms with Gasteiger partial charge in [0.2, 0.25) is 0 Å². The topological polar surface area (TPSA) is 21.8 Å². The molecule has 0 bridgehead atoms. The van der Waals surface area contributed by atoms with Crippen molar-refractivity contribution in [2.45, 2.75) is 50.9 Å². The van der Waals surface area contributed by atoms with Crippen LogP contribution >= 0.6 is 22.6 Å². The molecule has 0 unspecified atom stereocenters. The molecule has 2 atom stereocenters. The van der Waals surface area contributed by atoms with Crippen LogP contribution in [0.3, 0.4) is 0 Å². The average molecular weight is 480 g/mol. The largest absolute Gasteiger partial charge is 0.405 e. The van der Waals surface area contributed by atoms with E-state index in [4.69, 9.17) is 9.16 Å². The number of benzene rings is 2. The number of alkyl halides is 1. The smallest absolute Gasteiger partial charge is 0.261 e. The molecule has 0 aromatic heterocycles. The Kier molecular flexibility index (Phi) is 6.59. The fourth-order valence-corrected chi connectivity index (χ4v) is 8.84. The van der Waals surface area contributed by atoms with E-state index in [-0.39, 0.29) is 11.1 Å². The Balaban J connectivity index is 1.91. The van der Waals surface area contributed by atoms with Crippen molar-refractivity contribution >= 4 is 41.3 Å². The molecule has 0 spiro atoms. The number of ether oxygens (including phenoxy) is 1. The van der Waals surface area contributed by atoms with Crippen LogP contribution in [0.15, 0.2) is 60.7 Å². The summed E-state index contributed by atoms with van der Waals surface area (Å²) in [6, 6.07) is 21.7. The molecular weight excluding hydrogens is 451 g/mol. The second-order valence-electron chi connectivity index (χ2n) is 8.02. The molecule has 1 aliphatic rings. The molecule has 1 aliphatic heterocycles. The molecule has 0 amide bonds. The van der Waals surface area contributed by atoms with E-state index in [0.29, 0.717) is 12.7 Å². The molecule has 0 aliphatic carbocycles. The summed E-state index contributed by atoms with van der Waals surface area (Å²) in [6.45, 7) is 7.65. The third kappa shape index (κ3) is 4.24. The van der Waals surface area contributed by atoms with Crippen molar-refractivity contribution in [1.82, 2.24) is 0 Å². The van der Waals surface area contributed by atoms with E-state index in [2.05, 4.69) is 104 Å². The molecule has 2 nitrogen and oxygen atoms in total. The lowest BCUT2D eigenvalue weighted by Gasteiger charge is -2.43. The molecule has 1 heterocycles. The highest BCUT2D eigenvalue weighted by atomic mass is 127. The highest BCUT2D eigenvalue weighted by Gasteiger charge is 2.51. The van der Waals surface area contributed by atoms with Crippen LogP contribution in [0.25, 0.3) is 0 Å². The van der Waals surface area contributed by atoms with Gasteiger partial charge in [-0.2, -0.15) is 0 Å². The van der Waals surface area contributed by atoms with E-state index in [1.165, 1.54) is 21.2 Å². The molecule has 0 radical (unpaired) electrons. The van der Waals surface area contributed by atoms with Gasteiger partial charge in [-0.3, -0.25) is 0 Å². The molecule has 3 rings (SSSR count). The Morgan fingerprint density at radius 2 is 1.46 bits per heavy atom. The average Bonchev–Trinajstić information content (AvgIpc) is 3.39. The zero-order valence-electron chi connectivity index (χ0n) is 16.0. The normalized spacial score (nSPS) is 20.2. The Labute approximate surface area is 172 Å². The van der Waals surface area contributed by atoms with Crippen LogP contribution in [-0.2, 0) is 9.16 Å². The van der Waals surface area contributed by atoms with E-state index in [1.807, 2.05) is 0 Å². The second kappa shape index (κ2) is 8.55. The first kappa shape index (κ1) is 20.1. The van der Waals surface area contributed by atoms with Gasteiger partial charge in [-0.1, -0.05) is 104 Å². The molecular formula is C22H29IO2Si. The first-order valence-electron chi connectivity index (χ1n) is 9.45. The van der Waals surface area contributed by atoms with E-state index in [0.717, 1.165) is 6.42 Å². The van der Waals surface area contributed by atoms with Gasteiger partial charge in [-0.15, -0.1) is 0 Å². The highest BCUT2D eigenvalue weighted by Crippen LogP contribution is 2.38. The minimum absolute atomic E-state index is 0.0301. The number of hydrogen-bond acceptors (Lipinski definition) is 2. The summed E-state index contributed by atoms with van der Waals surface area (Å²) in [4.78, 5) is 0. The van der Waals surface area contributed by atoms with Crippen LogP contribution in [-0.4, -0.2) is 31.6 Å². The van der Waals surface area contributed by atoms with Crippen LogP contribution in [0.5, 0.6) is 0 Å². The van der Waals surface area contributed by atoms with Crippen molar-refractivity contribution in [2.24, 2.45) is 0 Å². The Bertz CT molecular complexity index is 645. The lowest BCUT2D eigenvalue weighted by Crippen LogP contribution is -2.66. The van der Waals surface area contributed by atoms with Gasteiger partial charge in [-0.25, -0.2) is 0 Å². The summed E-state index contributed by atoms with van der Waals surface area (Å²) in [7, 11) is -2.41. The Morgan fingerprint density at radius 1 is 0.923 bits per heavy atom. The Morgan fingerprint density at radius 3 is 1.92 bits per heavy atom. The lowest BCUT2D eigenvalue weighted by atomic mass is 10.2. The molecule has 1 fully saturated rings. The van der Waals surface area contributed by atoms with E-state index in [9.17, 15) is 0 Å². The van der Waals surface area contributed by atoms with Gasteiger partial charge in [-0.05, 0) is 32.7 Å². The van der Waals surface area contributed by atoms with Crippen molar-refractivity contribution in [2.75, 3.05) is 11.0 Å². The van der Waals surface area contributed by atoms with Gasteiger partial charge in [0.1, 0.15) is 6.10 Å². The number of hydrogen-bond donors (Lipinski definition) is 0. The lowest BCUT2D eigenvalue weighted by molar-refractivity contribution is 0.247. The van der Waals surface area contributed by atoms with Gasteiger partial charge in [0.05, 0.1) is 12.7 Å². The van der Waals surface area contributed by atoms with Crippen molar-refractivity contribution in [3.05, 3.63) is 60.7 Å². The maximum Gasteiger partial charge on any atom is 0.261 e. The van der Waals surface area contributed by atoms with Gasteiger partial charge < -0.3 is 9.16 Å². The fraction of sp³-hybridized carbons (Fsp3) is 0.455. The zero-order chi connectivity index (χ0) is 18.6. The molecule has 4 heteroatoms. The van der Waals surface area contributed by atoms with E-state index in [1.54, 1.807) is 0 Å². The number of halogens is 1. The van der Waals surface area contributed by atoms with E-state index >= 15 is 0 Å². The predicted octanol–water partition coefficient (Wildman–Crippen LogP) is 4.55. The molecule has 26 heavy (non-hydrogen) atoms. The number of rotatable bonds is 8. The molecule has 2 aromatic rings. The van der Waals surface area contributed by atoms with Crippen molar-refractivity contribution in [3.8, 4) is 0 Å². The van der Waals surface area contributed by atoms with Crippen molar-refractivity contribution < 1.29 is 9.16 Å². The quantitative estimate of drug-likeness (QED) is 0.240. The standard InChI is InChI=1S/C22H29IO2Si/c1-22(2,3)26(18-11-6-4-7-12-18,19-13-8-5-9-14-19)24-17-21-20(25-21)15-10-16-23/h4-9,11-14,20-21H,10,15-17H2,1-3H3/t20-,21+/m0/s1. The second-order valence-corrected chi connectivity index (χ2v) is 13.4. The van der Waals surface area contributed by atoms with Crippen molar-refractivity contribution in [3.63, 3.8) is 0 Å². The molecule has 0 saturated carbocycles. The summed E-state index contributed by atoms with van der Waals surface area (Å²) in [5.74, 6) is 0. The third-order valence-corrected chi connectivity index (χ3v) is 11.0. The van der Waals surface area contributed by atoms with Crippen LogP contribution < -0.4 is 10.4 Å². The molecule has 140 valence electrons. The summed E-state index contributed by atoms with van der Waals surface area (Å²) in [6.07, 6.45) is 3.03. The molecule has 0 N–H and O–H groups in total. The summed E-state index contributed by atoms with van der Waals surface area (Å²) < 4.78 is 14.0. The minimum atomic E-state index is -2.41. The van der Waals surface area contributed by atoms with Gasteiger partial charge >= 0.3 is 0 Å². The van der Waals surface area contributed by atoms with Crippen LogP contribution in [0.2, 0.25) is 5.04 Å². The van der Waals surface area contributed by atoms with E-state index < -0.39 is 8.32 Å². The SMILES string of the molecule is CC(C)(C)[Si](OC[C@H]1O[C@H]1CCCI)(c1ccccc1)c1ccccc1. The first-order chi connectivity index (χ1) is 12.5. The number of epoxide rings is 1. The maximum atomic E-state index is 6.91. The van der Waals surface area contributed by atoms with Crippen LogP contribution in [0, 0.1) is 0 Å². The van der Waals surface area contributed by atoms with Crippen molar-refractivity contribution in [1.29, 1.82) is 0 Å². The molecule has 1 saturated heterocycles. The highest BCUT2D eigenvalue weighted by molar-refractivity contribution is 14.1. The van der Waals surface area contributed by atoms with Crippen LogP contribution in [0.1, 0.15) is 33.6 Å². The monoisotopic (exact) mass is 480 g/mol. The van der Waals surface area contributed by atoms with Gasteiger partial charge in [0.15, 0.2) is 0 Å². The van der Waals surface area contributed by atoms with Gasteiger partial charge in [0.25, 0.3) is 8.32 Å². The van der Waals surface area contributed by atoms with Crippen LogP contribution in [0.4, 0.5) is 0 Å². The third-order valence-electron chi connectivity index (χ3n) is 5.19. The maximum absolute atomic E-state index is 6.91. The summed E-state index contributed by atoms with van der Waals surface area (Å²) in [5.41, 5.74) is 0. The molecule has 2 aromatic carbocycles. The summed E-state index contributed by atoms with van der Waals surface area (Å²) in [5, 5.41) is 2.70. The minimum Gasteiger partial charge on any atom is -0.405 e. The first-order valence-corrected chi connectivity index (χ1v) is 12.9. The van der Waals surface area contributed by atoms with Gasteiger partial charge in [0, 0.05) is 0 Å².